The first kappa shape index (κ1) is 22.5. The van der Waals surface area contributed by atoms with Gasteiger partial charge in [0.1, 0.15) is 11.5 Å². The van der Waals surface area contributed by atoms with Crippen molar-refractivity contribution in [1.82, 2.24) is 4.57 Å². The van der Waals surface area contributed by atoms with Crippen molar-refractivity contribution < 1.29 is 19.4 Å². The van der Waals surface area contributed by atoms with E-state index in [1.165, 1.54) is 4.90 Å². The molecule has 35 heavy (non-hydrogen) atoms. The smallest absolute Gasteiger partial charge is 0.300 e. The molecule has 0 bridgehead atoms. The van der Waals surface area contributed by atoms with Gasteiger partial charge >= 0.3 is 0 Å². The van der Waals surface area contributed by atoms with E-state index in [4.69, 9.17) is 4.74 Å². The number of benzene rings is 3. The summed E-state index contributed by atoms with van der Waals surface area (Å²) in [5.74, 6) is -0.964. The number of aliphatic hydroxyl groups excluding tert-OH is 1. The van der Waals surface area contributed by atoms with Gasteiger partial charge in [-0.05, 0) is 67.4 Å². The predicted molar refractivity (Wildman–Crippen MR) is 137 cm³/mol. The number of Topliss-reactive ketones (excluding diaryl/α,β-unsaturated/α-hetero) is 1. The molecule has 1 unspecified atom stereocenters. The zero-order valence-electron chi connectivity index (χ0n) is 20.1. The first-order valence-electron chi connectivity index (χ1n) is 11.4. The van der Waals surface area contributed by atoms with Gasteiger partial charge in [0.25, 0.3) is 11.7 Å². The van der Waals surface area contributed by atoms with Gasteiger partial charge in [-0.2, -0.15) is 0 Å². The van der Waals surface area contributed by atoms with Crippen LogP contribution in [0.15, 0.2) is 78.5 Å². The fraction of sp³-hybridized carbons (Fsp3) is 0.172. The molecule has 1 aliphatic heterocycles. The summed E-state index contributed by atoms with van der Waals surface area (Å²) in [5, 5.41) is 12.3. The highest BCUT2D eigenvalue weighted by atomic mass is 16.5. The molecule has 0 saturated carbocycles. The molecule has 176 valence electrons. The summed E-state index contributed by atoms with van der Waals surface area (Å²) in [6.07, 6.45) is 1.93. The standard InChI is InChI=1S/C29H26N2O4/c1-17-9-12-20(15-18(17)2)31-26(23-16-30(3)24-8-6-5-7-22(23)24)25(28(33)29(31)34)27(32)19-10-13-21(35-4)14-11-19/h5-16,26,32H,1-4H3/b27-25+. The van der Waals surface area contributed by atoms with Gasteiger partial charge in [0.15, 0.2) is 0 Å². The molecule has 2 heterocycles. The average Bonchev–Trinajstić information content (AvgIpc) is 3.34. The van der Waals surface area contributed by atoms with Crippen LogP contribution in [-0.2, 0) is 16.6 Å². The number of ketones is 1. The van der Waals surface area contributed by atoms with E-state index in [2.05, 4.69) is 0 Å². The third-order valence-corrected chi connectivity index (χ3v) is 6.80. The maximum absolute atomic E-state index is 13.5. The second-order valence-electron chi connectivity index (χ2n) is 8.88. The lowest BCUT2D eigenvalue weighted by Gasteiger charge is -2.25. The Morgan fingerprint density at radius 2 is 1.66 bits per heavy atom. The number of ether oxygens (including phenoxy) is 1. The second kappa shape index (κ2) is 8.47. The molecule has 1 saturated heterocycles. The highest BCUT2D eigenvalue weighted by molar-refractivity contribution is 6.51. The van der Waals surface area contributed by atoms with Crippen molar-refractivity contribution in [1.29, 1.82) is 0 Å². The van der Waals surface area contributed by atoms with Crippen molar-refractivity contribution in [2.75, 3.05) is 12.0 Å². The number of carbonyl (C=O) groups is 2. The quantitative estimate of drug-likeness (QED) is 0.247. The van der Waals surface area contributed by atoms with E-state index in [1.54, 1.807) is 31.4 Å². The number of hydrogen-bond acceptors (Lipinski definition) is 4. The SMILES string of the molecule is COc1ccc(/C(O)=C2\C(=O)C(=O)N(c3ccc(C)c(C)c3)C2c2cn(C)c3ccccc23)cc1. The maximum Gasteiger partial charge on any atom is 0.300 e. The number of para-hydroxylation sites is 1. The van der Waals surface area contributed by atoms with E-state index in [0.717, 1.165) is 27.6 Å². The van der Waals surface area contributed by atoms with Crippen LogP contribution in [0, 0.1) is 13.8 Å². The lowest BCUT2D eigenvalue weighted by atomic mass is 9.94. The molecule has 1 fully saturated rings. The number of amides is 1. The summed E-state index contributed by atoms with van der Waals surface area (Å²) < 4.78 is 7.19. The predicted octanol–water partition coefficient (Wildman–Crippen LogP) is 5.43. The number of rotatable bonds is 4. The Kier molecular flexibility index (Phi) is 5.44. The monoisotopic (exact) mass is 466 g/mol. The first-order valence-corrected chi connectivity index (χ1v) is 11.4. The summed E-state index contributed by atoms with van der Waals surface area (Å²) in [5.41, 5.74) is 4.96. The van der Waals surface area contributed by atoms with E-state index in [0.29, 0.717) is 17.0 Å². The van der Waals surface area contributed by atoms with Gasteiger partial charge in [0.05, 0.1) is 18.7 Å². The minimum absolute atomic E-state index is 0.0646. The lowest BCUT2D eigenvalue weighted by Crippen LogP contribution is -2.29. The number of anilines is 1. The Morgan fingerprint density at radius 1 is 0.943 bits per heavy atom. The van der Waals surface area contributed by atoms with E-state index in [1.807, 2.05) is 74.1 Å². The van der Waals surface area contributed by atoms with Crippen molar-refractivity contribution >= 4 is 34.0 Å². The van der Waals surface area contributed by atoms with Gasteiger partial charge in [-0.3, -0.25) is 14.5 Å². The Hall–Kier alpha value is -4.32. The number of carbonyl (C=O) groups excluding carboxylic acids is 2. The fourth-order valence-corrected chi connectivity index (χ4v) is 4.76. The highest BCUT2D eigenvalue weighted by Gasteiger charge is 2.48. The maximum atomic E-state index is 13.5. The molecule has 0 aliphatic carbocycles. The van der Waals surface area contributed by atoms with Gasteiger partial charge in [0, 0.05) is 41.0 Å². The van der Waals surface area contributed by atoms with Crippen LogP contribution >= 0.6 is 0 Å². The van der Waals surface area contributed by atoms with Gasteiger partial charge in [0.2, 0.25) is 0 Å². The Labute approximate surface area is 203 Å². The topological polar surface area (TPSA) is 71.8 Å². The number of hydrogen-bond donors (Lipinski definition) is 1. The summed E-state index contributed by atoms with van der Waals surface area (Å²) in [6.45, 7) is 3.97. The van der Waals surface area contributed by atoms with Crippen molar-refractivity contribution in [2.45, 2.75) is 19.9 Å². The van der Waals surface area contributed by atoms with Gasteiger partial charge in [-0.15, -0.1) is 0 Å². The zero-order valence-corrected chi connectivity index (χ0v) is 20.1. The van der Waals surface area contributed by atoms with Crippen LogP contribution in [0.2, 0.25) is 0 Å². The number of fused-ring (bicyclic) bond motifs is 1. The number of methoxy groups -OCH3 is 1. The molecular weight excluding hydrogens is 440 g/mol. The summed E-state index contributed by atoms with van der Waals surface area (Å²) in [6, 6.07) is 19.5. The highest BCUT2D eigenvalue weighted by Crippen LogP contribution is 2.45. The second-order valence-corrected chi connectivity index (χ2v) is 8.88. The number of aryl methyl sites for hydroxylation is 3. The molecule has 0 radical (unpaired) electrons. The van der Waals surface area contributed by atoms with Crippen LogP contribution in [0.3, 0.4) is 0 Å². The van der Waals surface area contributed by atoms with E-state index >= 15 is 0 Å². The van der Waals surface area contributed by atoms with E-state index in [9.17, 15) is 14.7 Å². The summed E-state index contributed by atoms with van der Waals surface area (Å²) in [7, 11) is 3.49. The molecule has 0 spiro atoms. The summed E-state index contributed by atoms with van der Waals surface area (Å²) >= 11 is 0. The molecule has 1 aliphatic rings. The third-order valence-electron chi connectivity index (χ3n) is 6.80. The van der Waals surface area contributed by atoms with E-state index < -0.39 is 17.7 Å². The number of aromatic nitrogens is 1. The van der Waals surface area contributed by atoms with Crippen LogP contribution in [-0.4, -0.2) is 28.5 Å². The Bertz CT molecular complexity index is 1510. The molecule has 1 aromatic heterocycles. The fourth-order valence-electron chi connectivity index (χ4n) is 4.76. The molecule has 6 heteroatoms. The van der Waals surface area contributed by atoms with Crippen LogP contribution in [0.5, 0.6) is 5.75 Å². The van der Waals surface area contributed by atoms with Gasteiger partial charge in [-0.1, -0.05) is 24.3 Å². The average molecular weight is 467 g/mol. The third kappa shape index (κ3) is 3.58. The molecule has 3 aromatic carbocycles. The van der Waals surface area contributed by atoms with Gasteiger partial charge in [-0.25, -0.2) is 0 Å². The minimum Gasteiger partial charge on any atom is -0.507 e. The molecule has 1 N–H and O–H groups in total. The molecule has 6 nitrogen and oxygen atoms in total. The molecular formula is C29H26N2O4. The molecule has 1 amide bonds. The number of aliphatic hydroxyl groups is 1. The van der Waals surface area contributed by atoms with Crippen molar-refractivity contribution in [3.05, 3.63) is 101 Å². The van der Waals surface area contributed by atoms with Crippen molar-refractivity contribution in [3.8, 4) is 5.75 Å². The van der Waals surface area contributed by atoms with Crippen LogP contribution in [0.25, 0.3) is 16.7 Å². The Morgan fingerprint density at radius 3 is 2.34 bits per heavy atom. The zero-order chi connectivity index (χ0) is 24.9. The number of nitrogens with zero attached hydrogens (tertiary/aromatic N) is 2. The normalized spacial score (nSPS) is 17.4. The first-order chi connectivity index (χ1) is 16.8. The van der Waals surface area contributed by atoms with Crippen LogP contribution < -0.4 is 9.64 Å². The van der Waals surface area contributed by atoms with Crippen LogP contribution in [0.1, 0.15) is 28.3 Å². The Balaban J connectivity index is 1.79. The summed E-state index contributed by atoms with van der Waals surface area (Å²) in [4.78, 5) is 28.4. The van der Waals surface area contributed by atoms with Crippen molar-refractivity contribution in [2.24, 2.45) is 7.05 Å². The lowest BCUT2D eigenvalue weighted by molar-refractivity contribution is -0.132. The molecule has 1 atom stereocenters. The molecule has 4 aromatic rings. The minimum atomic E-state index is -0.787. The van der Waals surface area contributed by atoms with Gasteiger partial charge < -0.3 is 14.4 Å². The van der Waals surface area contributed by atoms with E-state index in [-0.39, 0.29) is 11.3 Å². The largest absolute Gasteiger partial charge is 0.507 e. The molecule has 5 rings (SSSR count). The van der Waals surface area contributed by atoms with Crippen LogP contribution in [0.4, 0.5) is 5.69 Å². The van der Waals surface area contributed by atoms with Crippen molar-refractivity contribution in [3.63, 3.8) is 0 Å².